The van der Waals surface area contributed by atoms with Crippen molar-refractivity contribution < 1.29 is 18.4 Å². The van der Waals surface area contributed by atoms with Crippen LogP contribution in [0, 0.1) is 5.82 Å². The van der Waals surface area contributed by atoms with Crippen LogP contribution in [0.1, 0.15) is 37.2 Å². The zero-order valence-corrected chi connectivity index (χ0v) is 17.1. The van der Waals surface area contributed by atoms with Crippen molar-refractivity contribution in [3.63, 3.8) is 0 Å². The summed E-state index contributed by atoms with van der Waals surface area (Å²) in [4.78, 5) is 27.4. The zero-order valence-electron chi connectivity index (χ0n) is 17.1. The minimum absolute atomic E-state index is 0.265. The summed E-state index contributed by atoms with van der Waals surface area (Å²) in [5.74, 6) is 4.21. The summed E-state index contributed by atoms with van der Waals surface area (Å²) in [5.41, 5.74) is -0.116. The third-order valence-corrected chi connectivity index (χ3v) is 6.53. The van der Waals surface area contributed by atoms with Crippen LogP contribution in [0.2, 0.25) is 0 Å². The second-order valence-electron chi connectivity index (χ2n) is 8.66. The summed E-state index contributed by atoms with van der Waals surface area (Å²) in [6.45, 7) is 4.12. The molecule has 30 heavy (non-hydrogen) atoms. The molecule has 9 heteroatoms. The highest BCUT2D eigenvalue weighted by Crippen LogP contribution is 2.30. The van der Waals surface area contributed by atoms with Gasteiger partial charge in [-0.05, 0) is 37.0 Å². The Bertz CT molecular complexity index is 805. The molecule has 3 aliphatic rings. The van der Waals surface area contributed by atoms with Crippen molar-refractivity contribution >= 4 is 17.5 Å². The lowest BCUT2D eigenvalue weighted by Gasteiger charge is -2.41. The third-order valence-electron chi connectivity index (χ3n) is 6.53. The molecule has 3 saturated heterocycles. The van der Waals surface area contributed by atoms with E-state index in [9.17, 15) is 14.0 Å². The van der Waals surface area contributed by atoms with Crippen molar-refractivity contribution in [3.05, 3.63) is 29.6 Å². The van der Waals surface area contributed by atoms with Crippen LogP contribution in [-0.4, -0.2) is 73.2 Å². The first-order valence-corrected chi connectivity index (χ1v) is 10.6. The first-order chi connectivity index (χ1) is 14.3. The van der Waals surface area contributed by atoms with Crippen molar-refractivity contribution in [2.45, 2.75) is 37.3 Å². The molecule has 1 atom stereocenters. The van der Waals surface area contributed by atoms with Crippen molar-refractivity contribution in [1.82, 2.24) is 15.2 Å². The van der Waals surface area contributed by atoms with Gasteiger partial charge in [0.05, 0.1) is 11.6 Å². The lowest BCUT2D eigenvalue weighted by molar-refractivity contribution is -0.134. The molecule has 0 spiro atoms. The van der Waals surface area contributed by atoms with Crippen molar-refractivity contribution in [1.29, 1.82) is 0 Å². The van der Waals surface area contributed by atoms with Crippen LogP contribution in [0.25, 0.3) is 0 Å². The predicted molar refractivity (Wildman–Crippen MR) is 109 cm³/mol. The smallest absolute Gasteiger partial charge is 0.234 e. The quantitative estimate of drug-likeness (QED) is 0.561. The molecule has 3 heterocycles. The zero-order chi connectivity index (χ0) is 21.3. The molecule has 3 fully saturated rings. The average molecular weight is 421 g/mol. The molecule has 1 aromatic rings. The SMILES string of the molecule is NN1CCC(F)(CN2CCN(c3ccc(C4CCC(=O)NC4=O)cc3F)CC2)CC1. The van der Waals surface area contributed by atoms with Crippen LogP contribution >= 0.6 is 0 Å². The first-order valence-electron chi connectivity index (χ1n) is 10.6. The van der Waals surface area contributed by atoms with Gasteiger partial charge in [-0.3, -0.25) is 25.6 Å². The van der Waals surface area contributed by atoms with E-state index >= 15 is 4.39 Å². The predicted octanol–water partition coefficient (Wildman–Crippen LogP) is 1.15. The number of anilines is 1. The van der Waals surface area contributed by atoms with E-state index in [4.69, 9.17) is 5.84 Å². The van der Waals surface area contributed by atoms with Gasteiger partial charge in [0.2, 0.25) is 11.8 Å². The van der Waals surface area contributed by atoms with Gasteiger partial charge in [0.25, 0.3) is 0 Å². The van der Waals surface area contributed by atoms with Crippen LogP contribution in [0.3, 0.4) is 0 Å². The van der Waals surface area contributed by atoms with Gasteiger partial charge in [-0.25, -0.2) is 13.8 Å². The van der Waals surface area contributed by atoms with E-state index in [1.165, 1.54) is 6.07 Å². The molecule has 3 N–H and O–H groups in total. The molecule has 0 saturated carbocycles. The Morgan fingerprint density at radius 3 is 2.43 bits per heavy atom. The van der Waals surface area contributed by atoms with Crippen LogP contribution in [-0.2, 0) is 9.59 Å². The molecule has 2 amide bonds. The molecular formula is C21H29F2N5O2. The topological polar surface area (TPSA) is 81.9 Å². The fraction of sp³-hybridized carbons (Fsp3) is 0.619. The number of piperidine rings is 2. The molecule has 0 radical (unpaired) electrons. The number of nitrogens with one attached hydrogen (secondary N) is 1. The number of hydrazine groups is 1. The van der Waals surface area contributed by atoms with Gasteiger partial charge in [0.1, 0.15) is 11.5 Å². The van der Waals surface area contributed by atoms with Gasteiger partial charge in [0.15, 0.2) is 0 Å². The number of carbonyl (C=O) groups is 2. The van der Waals surface area contributed by atoms with E-state index in [0.29, 0.717) is 76.3 Å². The van der Waals surface area contributed by atoms with Gasteiger partial charge in [0, 0.05) is 52.2 Å². The standard InChI is InChI=1S/C21H29F2N5O2/c22-17-13-15(16-2-4-19(29)25-20(16)30)1-3-18(17)27-11-9-26(10-12-27)14-21(23)5-7-28(24)8-6-21/h1,3,13,16H,2,4-12,14,24H2,(H,25,29,30). The maximum atomic E-state index is 15.0. The Labute approximate surface area is 175 Å². The molecule has 0 aromatic heterocycles. The minimum Gasteiger partial charge on any atom is -0.367 e. The van der Waals surface area contributed by atoms with Crippen LogP contribution in [0.15, 0.2) is 18.2 Å². The van der Waals surface area contributed by atoms with Crippen LogP contribution in [0.5, 0.6) is 0 Å². The Morgan fingerprint density at radius 1 is 1.10 bits per heavy atom. The Kier molecular flexibility index (Phi) is 6.04. The molecule has 7 nitrogen and oxygen atoms in total. The van der Waals surface area contributed by atoms with E-state index in [1.54, 1.807) is 17.1 Å². The van der Waals surface area contributed by atoms with E-state index in [-0.39, 0.29) is 24.1 Å². The lowest BCUT2D eigenvalue weighted by atomic mass is 9.90. The lowest BCUT2D eigenvalue weighted by Crippen LogP contribution is -2.54. The fourth-order valence-corrected chi connectivity index (χ4v) is 4.64. The normalized spacial score (nSPS) is 26.0. The summed E-state index contributed by atoms with van der Waals surface area (Å²) >= 11 is 0. The van der Waals surface area contributed by atoms with E-state index in [1.807, 2.05) is 4.90 Å². The summed E-state index contributed by atoms with van der Waals surface area (Å²) < 4.78 is 29.9. The number of nitrogens with two attached hydrogens (primary N) is 1. The number of piperazine rings is 1. The molecular weight excluding hydrogens is 392 g/mol. The van der Waals surface area contributed by atoms with E-state index in [2.05, 4.69) is 10.2 Å². The monoisotopic (exact) mass is 421 g/mol. The highest BCUT2D eigenvalue weighted by molar-refractivity contribution is 6.00. The van der Waals surface area contributed by atoms with Gasteiger partial charge in [-0.2, -0.15) is 0 Å². The van der Waals surface area contributed by atoms with Crippen molar-refractivity contribution in [2.75, 3.05) is 50.7 Å². The van der Waals surface area contributed by atoms with Gasteiger partial charge in [-0.1, -0.05) is 6.07 Å². The molecule has 3 aliphatic heterocycles. The maximum absolute atomic E-state index is 15.0. The third kappa shape index (κ3) is 4.63. The molecule has 0 bridgehead atoms. The molecule has 4 rings (SSSR count). The summed E-state index contributed by atoms with van der Waals surface area (Å²) in [6, 6.07) is 4.87. The van der Waals surface area contributed by atoms with E-state index < -0.39 is 11.6 Å². The molecule has 0 aliphatic carbocycles. The Hall–Kier alpha value is -2.10. The van der Waals surface area contributed by atoms with Crippen LogP contribution in [0.4, 0.5) is 14.5 Å². The van der Waals surface area contributed by atoms with E-state index in [0.717, 1.165) is 0 Å². The molecule has 164 valence electrons. The molecule has 1 aromatic carbocycles. The number of benzene rings is 1. The molecule has 1 unspecified atom stereocenters. The highest BCUT2D eigenvalue weighted by Gasteiger charge is 2.36. The number of alkyl halides is 1. The van der Waals surface area contributed by atoms with Gasteiger partial charge >= 0.3 is 0 Å². The Morgan fingerprint density at radius 2 is 1.80 bits per heavy atom. The number of hydrogen-bond acceptors (Lipinski definition) is 6. The largest absolute Gasteiger partial charge is 0.367 e. The number of imide groups is 1. The number of nitrogens with zero attached hydrogens (tertiary/aromatic N) is 3. The fourth-order valence-electron chi connectivity index (χ4n) is 4.64. The number of hydrogen-bond donors (Lipinski definition) is 2. The highest BCUT2D eigenvalue weighted by atomic mass is 19.1. The second-order valence-corrected chi connectivity index (χ2v) is 8.66. The first kappa shape index (κ1) is 21.1. The number of halogens is 2. The summed E-state index contributed by atoms with van der Waals surface area (Å²) in [5, 5.41) is 3.98. The number of rotatable bonds is 4. The number of amides is 2. The maximum Gasteiger partial charge on any atom is 0.234 e. The Balaban J connectivity index is 1.34. The van der Waals surface area contributed by atoms with Crippen molar-refractivity contribution in [2.24, 2.45) is 5.84 Å². The van der Waals surface area contributed by atoms with Gasteiger partial charge in [-0.15, -0.1) is 0 Å². The number of carbonyl (C=O) groups excluding carboxylic acids is 2. The van der Waals surface area contributed by atoms with Crippen LogP contribution < -0.4 is 16.1 Å². The average Bonchev–Trinajstić information content (AvgIpc) is 2.71. The van der Waals surface area contributed by atoms with Gasteiger partial charge < -0.3 is 4.90 Å². The summed E-state index contributed by atoms with van der Waals surface area (Å²) in [6.07, 6.45) is 1.55. The summed E-state index contributed by atoms with van der Waals surface area (Å²) in [7, 11) is 0. The minimum atomic E-state index is -1.20. The van der Waals surface area contributed by atoms with Crippen molar-refractivity contribution in [3.8, 4) is 0 Å². The second kappa shape index (κ2) is 8.56.